The van der Waals surface area contributed by atoms with Gasteiger partial charge in [-0.3, -0.25) is 4.79 Å². The van der Waals surface area contributed by atoms with Gasteiger partial charge in [0.1, 0.15) is 5.82 Å². The lowest BCUT2D eigenvalue weighted by atomic mass is 10.2. The van der Waals surface area contributed by atoms with E-state index in [1.165, 1.54) is 16.8 Å². The van der Waals surface area contributed by atoms with Gasteiger partial charge in [-0.2, -0.15) is 0 Å². The van der Waals surface area contributed by atoms with Crippen molar-refractivity contribution >= 4 is 39.1 Å². The molecule has 30 heavy (non-hydrogen) atoms. The van der Waals surface area contributed by atoms with Crippen molar-refractivity contribution < 1.29 is 9.18 Å². The second-order valence-corrected chi connectivity index (χ2v) is 7.84. The van der Waals surface area contributed by atoms with Crippen LogP contribution in [0.4, 0.5) is 10.1 Å². The van der Waals surface area contributed by atoms with E-state index in [1.807, 2.05) is 31.2 Å². The summed E-state index contributed by atoms with van der Waals surface area (Å²) >= 11 is 9.55. The summed E-state index contributed by atoms with van der Waals surface area (Å²) in [6, 6.07) is 18.5. The molecule has 0 unspecified atom stereocenters. The Morgan fingerprint density at radius 3 is 2.47 bits per heavy atom. The monoisotopic (exact) mass is 484 g/mol. The number of nitrogens with zero attached hydrogens (tertiary/aromatic N) is 3. The highest BCUT2D eigenvalue weighted by Gasteiger charge is 2.20. The molecule has 1 heterocycles. The van der Waals surface area contributed by atoms with Crippen molar-refractivity contribution in [2.75, 3.05) is 5.32 Å². The van der Waals surface area contributed by atoms with Crippen LogP contribution in [-0.2, 0) is 0 Å². The van der Waals surface area contributed by atoms with Crippen molar-refractivity contribution in [1.29, 1.82) is 0 Å². The third-order valence-electron chi connectivity index (χ3n) is 4.50. The van der Waals surface area contributed by atoms with E-state index in [0.717, 1.165) is 15.6 Å². The molecule has 1 amide bonds. The maximum Gasteiger partial charge on any atom is 0.295 e. The van der Waals surface area contributed by atoms with E-state index in [1.54, 1.807) is 30.3 Å². The number of halogens is 3. The lowest BCUT2D eigenvalue weighted by Crippen LogP contribution is -2.15. The molecule has 4 aromatic rings. The van der Waals surface area contributed by atoms with E-state index >= 15 is 0 Å². The molecule has 3 aromatic carbocycles. The molecule has 0 aliphatic carbocycles. The molecule has 5 nitrogen and oxygen atoms in total. The van der Waals surface area contributed by atoms with Crippen LogP contribution in [0.2, 0.25) is 5.02 Å². The predicted molar refractivity (Wildman–Crippen MR) is 119 cm³/mol. The number of anilines is 1. The molecule has 150 valence electrons. The summed E-state index contributed by atoms with van der Waals surface area (Å²) in [4.78, 5) is 17.3. The molecule has 0 bridgehead atoms. The van der Waals surface area contributed by atoms with E-state index in [9.17, 15) is 9.18 Å². The molecule has 0 spiro atoms. The Kier molecular flexibility index (Phi) is 5.65. The summed E-state index contributed by atoms with van der Waals surface area (Å²) in [7, 11) is 0. The van der Waals surface area contributed by atoms with Crippen LogP contribution in [0.1, 0.15) is 16.2 Å². The fourth-order valence-corrected chi connectivity index (χ4v) is 3.32. The minimum atomic E-state index is -0.473. The highest BCUT2D eigenvalue weighted by Crippen LogP contribution is 2.25. The van der Waals surface area contributed by atoms with E-state index in [0.29, 0.717) is 22.2 Å². The van der Waals surface area contributed by atoms with Gasteiger partial charge in [-0.05, 0) is 61.0 Å². The van der Waals surface area contributed by atoms with Gasteiger partial charge in [0.05, 0.1) is 5.69 Å². The van der Waals surface area contributed by atoms with E-state index < -0.39 is 5.91 Å². The molecule has 0 saturated heterocycles. The molecule has 1 N–H and O–H groups in total. The number of amides is 1. The average molecular weight is 486 g/mol. The first-order valence-electron chi connectivity index (χ1n) is 8.98. The van der Waals surface area contributed by atoms with Gasteiger partial charge in [-0.25, -0.2) is 14.1 Å². The van der Waals surface area contributed by atoms with Gasteiger partial charge in [0.15, 0.2) is 5.82 Å². The number of aromatic nitrogens is 3. The Bertz CT molecular complexity index is 1160. The molecule has 4 rings (SSSR count). The Hall–Kier alpha value is -3.03. The quantitative estimate of drug-likeness (QED) is 0.383. The summed E-state index contributed by atoms with van der Waals surface area (Å²) in [5.74, 6) is -0.392. The highest BCUT2D eigenvalue weighted by atomic mass is 79.9. The fourth-order valence-electron chi connectivity index (χ4n) is 2.88. The second-order valence-electron chi connectivity index (χ2n) is 6.52. The number of benzene rings is 3. The largest absolute Gasteiger partial charge is 0.319 e. The molecule has 1 aromatic heterocycles. The first-order valence-corrected chi connectivity index (χ1v) is 10.1. The van der Waals surface area contributed by atoms with Gasteiger partial charge in [0, 0.05) is 20.7 Å². The van der Waals surface area contributed by atoms with Crippen LogP contribution in [0.5, 0.6) is 0 Å². The van der Waals surface area contributed by atoms with E-state index in [-0.39, 0.29) is 11.6 Å². The van der Waals surface area contributed by atoms with Crippen molar-refractivity contribution in [3.63, 3.8) is 0 Å². The zero-order chi connectivity index (χ0) is 21.3. The molecule has 0 saturated carbocycles. The van der Waals surface area contributed by atoms with Crippen LogP contribution in [-0.4, -0.2) is 20.7 Å². The number of carbonyl (C=O) groups excluding carboxylic acids is 1. The molecule has 0 radical (unpaired) electrons. The maximum absolute atomic E-state index is 13.4. The minimum absolute atomic E-state index is 0.0170. The fraction of sp³-hybridized carbons (Fsp3) is 0.0455. The molecule has 8 heteroatoms. The van der Waals surface area contributed by atoms with E-state index in [4.69, 9.17) is 11.6 Å². The number of hydrogen-bond donors (Lipinski definition) is 1. The van der Waals surface area contributed by atoms with Crippen LogP contribution in [0.15, 0.2) is 71.2 Å². The zero-order valence-electron chi connectivity index (χ0n) is 15.7. The summed E-state index contributed by atoms with van der Waals surface area (Å²) in [6.07, 6.45) is 0. The first-order chi connectivity index (χ1) is 14.4. The smallest absolute Gasteiger partial charge is 0.295 e. The highest BCUT2D eigenvalue weighted by molar-refractivity contribution is 9.10. The molecular weight excluding hydrogens is 471 g/mol. The Balaban J connectivity index is 1.76. The topological polar surface area (TPSA) is 59.8 Å². The lowest BCUT2D eigenvalue weighted by Gasteiger charge is -2.07. The normalized spacial score (nSPS) is 10.8. The Morgan fingerprint density at radius 1 is 1.07 bits per heavy atom. The number of hydrogen-bond acceptors (Lipinski definition) is 3. The van der Waals surface area contributed by atoms with E-state index in [2.05, 4.69) is 31.3 Å². The van der Waals surface area contributed by atoms with Crippen LogP contribution in [0.25, 0.3) is 17.1 Å². The average Bonchev–Trinajstić information content (AvgIpc) is 3.18. The lowest BCUT2D eigenvalue weighted by molar-refractivity contribution is 0.101. The van der Waals surface area contributed by atoms with Gasteiger partial charge in [-0.15, -0.1) is 5.10 Å². The van der Waals surface area contributed by atoms with Crippen LogP contribution in [0, 0.1) is 12.7 Å². The molecule has 0 atom stereocenters. The van der Waals surface area contributed by atoms with Gasteiger partial charge in [-0.1, -0.05) is 45.7 Å². The minimum Gasteiger partial charge on any atom is -0.319 e. The first kappa shape index (κ1) is 20.3. The van der Waals surface area contributed by atoms with Gasteiger partial charge in [0.25, 0.3) is 5.91 Å². The number of nitrogens with one attached hydrogen (secondary N) is 1. The number of carbonyl (C=O) groups is 1. The SMILES string of the molecule is Cc1c(Cl)cccc1NC(=O)c1nc(-c2ccc(Br)cc2)n(-c2ccc(F)cc2)n1. The second kappa shape index (κ2) is 8.38. The third-order valence-corrected chi connectivity index (χ3v) is 5.44. The Morgan fingerprint density at radius 2 is 1.77 bits per heavy atom. The summed E-state index contributed by atoms with van der Waals surface area (Å²) < 4.78 is 15.8. The van der Waals surface area contributed by atoms with Gasteiger partial charge in [0.2, 0.25) is 5.82 Å². The zero-order valence-corrected chi connectivity index (χ0v) is 18.1. The standard InChI is InChI=1S/C22H15BrClFN4O/c1-13-18(24)3-2-4-19(13)26-22(30)20-27-21(14-5-7-15(23)8-6-14)29(28-20)17-11-9-16(25)10-12-17/h2-12H,1H3,(H,26,30). The third kappa shape index (κ3) is 4.13. The van der Waals surface area contributed by atoms with Crippen molar-refractivity contribution in [1.82, 2.24) is 14.8 Å². The maximum atomic E-state index is 13.4. The molecule has 0 fully saturated rings. The van der Waals surface area contributed by atoms with Crippen molar-refractivity contribution in [3.8, 4) is 17.1 Å². The molecular formula is C22H15BrClFN4O. The molecule has 0 aliphatic heterocycles. The number of rotatable bonds is 4. The molecule has 0 aliphatic rings. The Labute approximate surface area is 185 Å². The van der Waals surface area contributed by atoms with Crippen molar-refractivity contribution in [2.45, 2.75) is 6.92 Å². The predicted octanol–water partition coefficient (Wildman–Crippen LogP) is 6.05. The van der Waals surface area contributed by atoms with Crippen LogP contribution in [0.3, 0.4) is 0 Å². The van der Waals surface area contributed by atoms with Crippen LogP contribution < -0.4 is 5.32 Å². The van der Waals surface area contributed by atoms with Gasteiger partial charge < -0.3 is 5.32 Å². The summed E-state index contributed by atoms with van der Waals surface area (Å²) in [5, 5.41) is 7.73. The van der Waals surface area contributed by atoms with Crippen LogP contribution >= 0.6 is 27.5 Å². The van der Waals surface area contributed by atoms with Crippen molar-refractivity contribution in [3.05, 3.63) is 93.4 Å². The summed E-state index contributed by atoms with van der Waals surface area (Å²) in [5.41, 5.74) is 2.67. The summed E-state index contributed by atoms with van der Waals surface area (Å²) in [6.45, 7) is 1.82. The van der Waals surface area contributed by atoms with Gasteiger partial charge >= 0.3 is 0 Å². The van der Waals surface area contributed by atoms with Crippen molar-refractivity contribution in [2.24, 2.45) is 0 Å².